The van der Waals surface area contributed by atoms with Crippen LogP contribution in [0.1, 0.15) is 40.0 Å². The van der Waals surface area contributed by atoms with Crippen molar-refractivity contribution < 1.29 is 14.9 Å². The minimum atomic E-state index is -0.717. The van der Waals surface area contributed by atoms with E-state index in [9.17, 15) is 10.2 Å². The van der Waals surface area contributed by atoms with Crippen LogP contribution in [-0.2, 0) is 4.74 Å². The van der Waals surface area contributed by atoms with Gasteiger partial charge < -0.3 is 14.9 Å². The number of ether oxygens (including phenoxy) is 1. The molecule has 3 heteroatoms. The van der Waals surface area contributed by atoms with E-state index in [0.29, 0.717) is 6.61 Å². The van der Waals surface area contributed by atoms with E-state index in [-0.39, 0.29) is 22.7 Å². The molecule has 0 aromatic rings. The Morgan fingerprint density at radius 1 is 1.28 bits per heavy atom. The largest absolute Gasteiger partial charge is 0.389 e. The maximum atomic E-state index is 10.5. The third-order valence-corrected chi connectivity index (χ3v) is 5.71. The monoisotopic (exact) mass is 252 g/mol. The molecule has 1 heterocycles. The van der Waals surface area contributed by atoms with Crippen molar-refractivity contribution in [2.75, 3.05) is 6.61 Å². The zero-order valence-corrected chi connectivity index (χ0v) is 11.5. The van der Waals surface area contributed by atoms with E-state index in [1.54, 1.807) is 0 Å². The van der Waals surface area contributed by atoms with Crippen molar-refractivity contribution in [3.05, 3.63) is 11.6 Å². The highest BCUT2D eigenvalue weighted by Crippen LogP contribution is 2.63. The van der Waals surface area contributed by atoms with E-state index in [2.05, 4.69) is 20.8 Å². The van der Waals surface area contributed by atoms with Gasteiger partial charge in [-0.25, -0.2) is 0 Å². The second kappa shape index (κ2) is 3.81. The van der Waals surface area contributed by atoms with Crippen LogP contribution in [0.3, 0.4) is 0 Å². The molecular formula is C15H24O3. The molecule has 2 N–H and O–H groups in total. The Labute approximate surface area is 109 Å². The van der Waals surface area contributed by atoms with E-state index in [4.69, 9.17) is 4.74 Å². The highest BCUT2D eigenvalue weighted by Gasteiger charge is 2.64. The highest BCUT2D eigenvalue weighted by atomic mass is 16.6. The van der Waals surface area contributed by atoms with Crippen LogP contribution in [0.25, 0.3) is 0 Å². The van der Waals surface area contributed by atoms with E-state index >= 15 is 0 Å². The van der Waals surface area contributed by atoms with Crippen molar-refractivity contribution >= 4 is 0 Å². The molecule has 18 heavy (non-hydrogen) atoms. The molecule has 0 aromatic carbocycles. The standard InChI is InChI=1S/C15H24O3/c1-9-7-11(16)12-14(2,3)5-4-6-15(12)10(9)8-18-13(15)17/h7,10-13,16-17H,4-6,8H2,1-3H3/t10-,11-,12+,13?,15-/m0/s1. The number of aliphatic hydroxyl groups excluding tert-OH is 2. The second-order valence-corrected chi connectivity index (χ2v) is 7.07. The van der Waals surface area contributed by atoms with Crippen LogP contribution in [0.2, 0.25) is 0 Å². The first-order chi connectivity index (χ1) is 8.39. The molecular weight excluding hydrogens is 228 g/mol. The summed E-state index contributed by atoms with van der Waals surface area (Å²) in [5.41, 5.74) is 0.981. The molecule has 3 aliphatic rings. The van der Waals surface area contributed by atoms with Gasteiger partial charge in [0.05, 0.1) is 12.7 Å². The second-order valence-electron chi connectivity index (χ2n) is 7.07. The predicted octanol–water partition coefficient (Wildman–Crippen LogP) is 2.08. The fourth-order valence-corrected chi connectivity index (χ4v) is 5.04. The molecule has 1 saturated carbocycles. The van der Waals surface area contributed by atoms with Gasteiger partial charge in [-0.15, -0.1) is 0 Å². The zero-order valence-electron chi connectivity index (χ0n) is 11.5. The summed E-state index contributed by atoms with van der Waals surface area (Å²) in [6, 6.07) is 0. The molecule has 1 unspecified atom stereocenters. The van der Waals surface area contributed by atoms with Crippen molar-refractivity contribution in [3.8, 4) is 0 Å². The van der Waals surface area contributed by atoms with Crippen molar-refractivity contribution in [1.82, 2.24) is 0 Å². The third-order valence-electron chi connectivity index (χ3n) is 5.71. The Morgan fingerprint density at radius 3 is 2.72 bits per heavy atom. The normalized spacial score (nSPS) is 50.4. The quantitative estimate of drug-likeness (QED) is 0.649. The lowest BCUT2D eigenvalue weighted by atomic mass is 9.47. The molecule has 3 nitrogen and oxygen atoms in total. The molecule has 1 saturated heterocycles. The van der Waals surface area contributed by atoms with Crippen molar-refractivity contribution in [2.24, 2.45) is 22.7 Å². The maximum absolute atomic E-state index is 10.5. The van der Waals surface area contributed by atoms with Gasteiger partial charge >= 0.3 is 0 Å². The SMILES string of the molecule is CC1=C[C@H](O)[C@@H]2C(C)(C)CCC[C@@]23C(O)OC[C@@H]13. The van der Waals surface area contributed by atoms with E-state index in [1.807, 2.05) is 6.08 Å². The number of hydrogen-bond donors (Lipinski definition) is 2. The molecule has 0 aromatic heterocycles. The first-order valence-corrected chi connectivity index (χ1v) is 7.05. The molecule has 5 atom stereocenters. The van der Waals surface area contributed by atoms with E-state index in [0.717, 1.165) is 19.3 Å². The summed E-state index contributed by atoms with van der Waals surface area (Å²) in [4.78, 5) is 0. The Bertz CT molecular complexity index is 387. The molecule has 102 valence electrons. The van der Waals surface area contributed by atoms with Crippen LogP contribution < -0.4 is 0 Å². The molecule has 2 aliphatic carbocycles. The number of aliphatic hydroxyl groups is 2. The number of hydrogen-bond acceptors (Lipinski definition) is 3. The summed E-state index contributed by atoms with van der Waals surface area (Å²) in [6.45, 7) is 7.11. The van der Waals surface area contributed by atoms with E-state index < -0.39 is 12.4 Å². The van der Waals surface area contributed by atoms with Crippen LogP contribution in [0, 0.1) is 22.7 Å². The fraction of sp³-hybridized carbons (Fsp3) is 0.867. The Morgan fingerprint density at radius 2 is 2.00 bits per heavy atom. The smallest absolute Gasteiger partial charge is 0.161 e. The van der Waals surface area contributed by atoms with Crippen LogP contribution in [0.15, 0.2) is 11.6 Å². The van der Waals surface area contributed by atoms with Crippen LogP contribution >= 0.6 is 0 Å². The van der Waals surface area contributed by atoms with Crippen LogP contribution in [0.5, 0.6) is 0 Å². The molecule has 0 amide bonds. The molecule has 0 radical (unpaired) electrons. The lowest BCUT2D eigenvalue weighted by molar-refractivity contribution is -0.194. The van der Waals surface area contributed by atoms with Gasteiger partial charge in [0.1, 0.15) is 0 Å². The summed E-state index contributed by atoms with van der Waals surface area (Å²) in [6.07, 6.45) is 4.01. The average molecular weight is 252 g/mol. The Balaban J connectivity index is 2.14. The van der Waals surface area contributed by atoms with Gasteiger partial charge in [-0.1, -0.05) is 31.9 Å². The van der Waals surface area contributed by atoms with Crippen molar-refractivity contribution in [3.63, 3.8) is 0 Å². The topological polar surface area (TPSA) is 49.7 Å². The first-order valence-electron chi connectivity index (χ1n) is 7.05. The van der Waals surface area contributed by atoms with Gasteiger partial charge in [-0.05, 0) is 25.2 Å². The van der Waals surface area contributed by atoms with Crippen molar-refractivity contribution in [1.29, 1.82) is 0 Å². The van der Waals surface area contributed by atoms with Gasteiger partial charge in [0.25, 0.3) is 0 Å². The summed E-state index contributed by atoms with van der Waals surface area (Å²) in [5, 5.41) is 20.9. The fourth-order valence-electron chi connectivity index (χ4n) is 5.04. The highest BCUT2D eigenvalue weighted by molar-refractivity contribution is 5.25. The molecule has 0 bridgehead atoms. The molecule has 3 rings (SSSR count). The maximum Gasteiger partial charge on any atom is 0.161 e. The third kappa shape index (κ3) is 1.41. The molecule has 1 spiro atoms. The van der Waals surface area contributed by atoms with Gasteiger partial charge in [-0.3, -0.25) is 0 Å². The molecule has 1 aliphatic heterocycles. The van der Waals surface area contributed by atoms with Gasteiger partial charge in [0.2, 0.25) is 0 Å². The van der Waals surface area contributed by atoms with Crippen LogP contribution in [-0.4, -0.2) is 29.2 Å². The lowest BCUT2D eigenvalue weighted by Gasteiger charge is -2.57. The predicted molar refractivity (Wildman–Crippen MR) is 68.8 cm³/mol. The summed E-state index contributed by atoms with van der Waals surface area (Å²) in [5.74, 6) is 0.380. The van der Waals surface area contributed by atoms with Crippen LogP contribution in [0.4, 0.5) is 0 Å². The summed E-state index contributed by atoms with van der Waals surface area (Å²) < 4.78 is 5.58. The van der Waals surface area contributed by atoms with E-state index in [1.165, 1.54) is 5.57 Å². The minimum absolute atomic E-state index is 0.0573. The first kappa shape index (κ1) is 12.6. The zero-order chi connectivity index (χ0) is 13.1. The number of rotatable bonds is 0. The molecule has 2 fully saturated rings. The Kier molecular flexibility index (Phi) is 2.68. The Hall–Kier alpha value is -0.380. The van der Waals surface area contributed by atoms with Gasteiger partial charge in [0.15, 0.2) is 6.29 Å². The van der Waals surface area contributed by atoms with Gasteiger partial charge in [0, 0.05) is 17.3 Å². The average Bonchev–Trinajstić information content (AvgIpc) is 2.55. The minimum Gasteiger partial charge on any atom is -0.389 e. The summed E-state index contributed by atoms with van der Waals surface area (Å²) in [7, 11) is 0. The van der Waals surface area contributed by atoms with Crippen molar-refractivity contribution in [2.45, 2.75) is 52.4 Å². The lowest BCUT2D eigenvalue weighted by Crippen LogP contribution is -2.58. The van der Waals surface area contributed by atoms with Gasteiger partial charge in [-0.2, -0.15) is 0 Å². The summed E-state index contributed by atoms with van der Waals surface area (Å²) >= 11 is 0.